The van der Waals surface area contributed by atoms with E-state index in [2.05, 4.69) is 26.3 Å². The van der Waals surface area contributed by atoms with Crippen molar-refractivity contribution in [3.8, 4) is 0 Å². The van der Waals surface area contributed by atoms with Crippen molar-refractivity contribution in [1.82, 2.24) is 20.3 Å². The molecule has 0 fully saturated rings. The smallest absolute Gasteiger partial charge is 0.220 e. The molecule has 5 heteroatoms. The molecule has 108 valence electrons. The number of nitrogens with one attached hydrogen (secondary N) is 3. The second-order valence-corrected chi connectivity index (χ2v) is 5.02. The molecule has 0 aliphatic heterocycles. The maximum absolute atomic E-state index is 11.9. The van der Waals surface area contributed by atoms with Crippen LogP contribution in [0.3, 0.4) is 0 Å². The molecule has 2 heterocycles. The quantitative estimate of drug-likeness (QED) is 0.648. The number of amides is 1. The Morgan fingerprint density at radius 2 is 2.10 bits per heavy atom. The number of para-hydroxylation sites is 1. The lowest BCUT2D eigenvalue weighted by molar-refractivity contribution is -0.121. The maximum atomic E-state index is 11.9. The van der Waals surface area contributed by atoms with E-state index in [0.717, 1.165) is 24.1 Å². The van der Waals surface area contributed by atoms with Crippen molar-refractivity contribution in [3.05, 3.63) is 54.2 Å². The normalized spacial score (nSPS) is 10.9. The first-order valence-corrected chi connectivity index (χ1v) is 7.12. The number of fused-ring (bicyclic) bond motifs is 1. The third-order valence-corrected chi connectivity index (χ3v) is 3.55. The first-order valence-electron chi connectivity index (χ1n) is 7.12. The monoisotopic (exact) mass is 282 g/mol. The number of aromatic amines is 2. The van der Waals surface area contributed by atoms with Gasteiger partial charge in [0, 0.05) is 42.7 Å². The number of nitrogens with zero attached hydrogens (tertiary/aromatic N) is 1. The van der Waals surface area contributed by atoms with Crippen LogP contribution in [0.15, 0.2) is 43.0 Å². The van der Waals surface area contributed by atoms with Gasteiger partial charge >= 0.3 is 0 Å². The number of hydrogen-bond acceptors (Lipinski definition) is 2. The van der Waals surface area contributed by atoms with Gasteiger partial charge in [-0.05, 0) is 18.1 Å². The van der Waals surface area contributed by atoms with Crippen LogP contribution in [-0.4, -0.2) is 27.4 Å². The fraction of sp³-hybridized carbons (Fsp3) is 0.250. The molecule has 0 atom stereocenters. The summed E-state index contributed by atoms with van der Waals surface area (Å²) in [6.45, 7) is 0.623. The van der Waals surface area contributed by atoms with Crippen LogP contribution < -0.4 is 5.32 Å². The van der Waals surface area contributed by atoms with E-state index in [1.165, 1.54) is 10.9 Å². The highest BCUT2D eigenvalue weighted by atomic mass is 16.1. The highest BCUT2D eigenvalue weighted by Gasteiger charge is 2.06. The van der Waals surface area contributed by atoms with Crippen LogP contribution in [-0.2, 0) is 17.6 Å². The average Bonchev–Trinajstić information content (AvgIpc) is 3.14. The number of aryl methyl sites for hydroxylation is 1. The van der Waals surface area contributed by atoms with Gasteiger partial charge in [-0.25, -0.2) is 4.98 Å². The van der Waals surface area contributed by atoms with Crippen molar-refractivity contribution in [2.75, 3.05) is 6.54 Å². The van der Waals surface area contributed by atoms with E-state index >= 15 is 0 Å². The van der Waals surface area contributed by atoms with Gasteiger partial charge in [0.25, 0.3) is 0 Å². The lowest BCUT2D eigenvalue weighted by atomic mass is 10.1. The van der Waals surface area contributed by atoms with E-state index in [4.69, 9.17) is 0 Å². The summed E-state index contributed by atoms with van der Waals surface area (Å²) < 4.78 is 0. The molecule has 3 aromatic rings. The molecule has 0 saturated carbocycles. The summed E-state index contributed by atoms with van der Waals surface area (Å²) in [7, 11) is 0. The minimum Gasteiger partial charge on any atom is -0.361 e. The summed E-state index contributed by atoms with van der Waals surface area (Å²) in [5.41, 5.74) is 3.27. The number of rotatable bonds is 6. The van der Waals surface area contributed by atoms with Gasteiger partial charge in [-0.3, -0.25) is 4.79 Å². The molecule has 3 N–H and O–H groups in total. The Morgan fingerprint density at radius 1 is 1.19 bits per heavy atom. The van der Waals surface area contributed by atoms with Crippen LogP contribution in [0.5, 0.6) is 0 Å². The molecule has 0 aliphatic rings. The van der Waals surface area contributed by atoms with Crippen LogP contribution in [0.2, 0.25) is 0 Å². The number of carbonyl (C=O) groups is 1. The number of imidazole rings is 1. The van der Waals surface area contributed by atoms with Crippen molar-refractivity contribution in [2.45, 2.75) is 19.3 Å². The summed E-state index contributed by atoms with van der Waals surface area (Å²) in [6, 6.07) is 8.15. The largest absolute Gasteiger partial charge is 0.361 e. The van der Waals surface area contributed by atoms with E-state index in [9.17, 15) is 4.79 Å². The number of carbonyl (C=O) groups excluding carboxylic acids is 1. The summed E-state index contributed by atoms with van der Waals surface area (Å²) in [4.78, 5) is 22.1. The second-order valence-electron chi connectivity index (χ2n) is 5.02. The summed E-state index contributed by atoms with van der Waals surface area (Å²) in [6.07, 6.45) is 7.48. The van der Waals surface area contributed by atoms with Crippen LogP contribution in [0.1, 0.15) is 17.7 Å². The molecule has 1 amide bonds. The molecule has 2 aromatic heterocycles. The number of H-pyrrole nitrogens is 2. The third-order valence-electron chi connectivity index (χ3n) is 3.55. The third kappa shape index (κ3) is 3.31. The standard InChI is InChI=1S/C16H18N4O/c21-16(18-8-7-13-10-17-11-20-13)6-5-12-9-19-15-4-2-1-3-14(12)15/h1-4,9-11,19H,5-8H2,(H,17,20)(H,18,21). The highest BCUT2D eigenvalue weighted by Crippen LogP contribution is 2.18. The molecule has 0 aliphatic carbocycles. The predicted molar refractivity (Wildman–Crippen MR) is 81.9 cm³/mol. The van der Waals surface area contributed by atoms with Gasteiger partial charge in [-0.2, -0.15) is 0 Å². The van der Waals surface area contributed by atoms with Crippen molar-refractivity contribution in [3.63, 3.8) is 0 Å². The number of benzene rings is 1. The zero-order valence-electron chi connectivity index (χ0n) is 11.7. The molecule has 0 saturated heterocycles. The van der Waals surface area contributed by atoms with Gasteiger partial charge in [0.2, 0.25) is 5.91 Å². The lowest BCUT2D eigenvalue weighted by Gasteiger charge is -2.03. The van der Waals surface area contributed by atoms with E-state index in [0.29, 0.717) is 13.0 Å². The minimum absolute atomic E-state index is 0.0795. The topological polar surface area (TPSA) is 73.6 Å². The predicted octanol–water partition coefficient (Wildman–Crippen LogP) is 2.18. The van der Waals surface area contributed by atoms with Crippen LogP contribution >= 0.6 is 0 Å². The Morgan fingerprint density at radius 3 is 2.95 bits per heavy atom. The van der Waals surface area contributed by atoms with Crippen LogP contribution in [0.4, 0.5) is 0 Å². The first kappa shape index (κ1) is 13.4. The maximum Gasteiger partial charge on any atom is 0.220 e. The van der Waals surface area contributed by atoms with E-state index < -0.39 is 0 Å². The Kier molecular flexibility index (Phi) is 4.00. The zero-order valence-corrected chi connectivity index (χ0v) is 11.7. The Labute approximate surface area is 122 Å². The Balaban J connectivity index is 1.47. The van der Waals surface area contributed by atoms with Gasteiger partial charge in [0.05, 0.1) is 12.0 Å². The average molecular weight is 282 g/mol. The summed E-state index contributed by atoms with van der Waals surface area (Å²) in [5, 5.41) is 4.12. The van der Waals surface area contributed by atoms with Crippen molar-refractivity contribution in [1.29, 1.82) is 0 Å². The number of aromatic nitrogens is 3. The Hall–Kier alpha value is -2.56. The van der Waals surface area contributed by atoms with Crippen LogP contribution in [0, 0.1) is 0 Å². The van der Waals surface area contributed by atoms with Gasteiger partial charge in [0.1, 0.15) is 0 Å². The highest BCUT2D eigenvalue weighted by molar-refractivity contribution is 5.84. The minimum atomic E-state index is 0.0795. The summed E-state index contributed by atoms with van der Waals surface area (Å²) >= 11 is 0. The molecule has 1 aromatic carbocycles. The van der Waals surface area contributed by atoms with Crippen molar-refractivity contribution >= 4 is 16.8 Å². The number of hydrogen-bond donors (Lipinski definition) is 3. The van der Waals surface area contributed by atoms with Crippen molar-refractivity contribution < 1.29 is 4.79 Å². The second kappa shape index (κ2) is 6.26. The molecular formula is C16H18N4O. The van der Waals surface area contributed by atoms with E-state index in [-0.39, 0.29) is 5.91 Å². The molecular weight excluding hydrogens is 264 g/mol. The molecule has 0 spiro atoms. The fourth-order valence-corrected chi connectivity index (χ4v) is 2.43. The lowest BCUT2D eigenvalue weighted by Crippen LogP contribution is -2.25. The first-order chi connectivity index (χ1) is 10.3. The van der Waals surface area contributed by atoms with Gasteiger partial charge < -0.3 is 15.3 Å². The Bertz CT molecular complexity index is 715. The molecule has 3 rings (SSSR count). The molecule has 5 nitrogen and oxygen atoms in total. The molecule has 21 heavy (non-hydrogen) atoms. The van der Waals surface area contributed by atoms with Gasteiger partial charge in [-0.1, -0.05) is 18.2 Å². The molecule has 0 radical (unpaired) electrons. The van der Waals surface area contributed by atoms with E-state index in [1.807, 2.05) is 30.6 Å². The van der Waals surface area contributed by atoms with Gasteiger partial charge in [0.15, 0.2) is 0 Å². The molecule has 0 bridgehead atoms. The fourth-order valence-electron chi connectivity index (χ4n) is 2.43. The zero-order chi connectivity index (χ0) is 14.5. The van der Waals surface area contributed by atoms with Gasteiger partial charge in [-0.15, -0.1) is 0 Å². The van der Waals surface area contributed by atoms with Crippen molar-refractivity contribution in [2.24, 2.45) is 0 Å². The SMILES string of the molecule is O=C(CCc1c[nH]c2ccccc12)NCCc1c[nH]cn1. The van der Waals surface area contributed by atoms with Crippen LogP contribution in [0.25, 0.3) is 10.9 Å². The summed E-state index contributed by atoms with van der Waals surface area (Å²) in [5.74, 6) is 0.0795. The molecule has 0 unspecified atom stereocenters. The van der Waals surface area contributed by atoms with E-state index in [1.54, 1.807) is 6.33 Å².